The minimum atomic E-state index is 0.565. The fourth-order valence-corrected chi connectivity index (χ4v) is 2.28. The highest BCUT2D eigenvalue weighted by atomic mass is 79.9. The van der Waals surface area contributed by atoms with E-state index in [9.17, 15) is 0 Å². The first-order valence-corrected chi connectivity index (χ1v) is 6.78. The predicted molar refractivity (Wildman–Crippen MR) is 78.4 cm³/mol. The van der Waals surface area contributed by atoms with Crippen molar-refractivity contribution in [2.24, 2.45) is 5.73 Å². The number of benzene rings is 2. The first-order chi connectivity index (χ1) is 8.70. The largest absolute Gasteiger partial charge is 0.455 e. The topological polar surface area (TPSA) is 35.2 Å². The summed E-state index contributed by atoms with van der Waals surface area (Å²) in [5.41, 5.74) is 6.61. The fourth-order valence-electron chi connectivity index (χ4n) is 1.67. The second kappa shape index (κ2) is 6.23. The van der Waals surface area contributed by atoms with Gasteiger partial charge in [-0.15, -0.1) is 0 Å². The normalized spacial score (nSPS) is 10.4. The highest BCUT2D eigenvalue weighted by Gasteiger charge is 2.09. The van der Waals surface area contributed by atoms with E-state index in [1.165, 1.54) is 0 Å². The van der Waals surface area contributed by atoms with E-state index in [-0.39, 0.29) is 0 Å². The maximum absolute atomic E-state index is 6.18. The van der Waals surface area contributed by atoms with Crippen LogP contribution in [0.1, 0.15) is 5.56 Å². The fraction of sp³-hybridized carbons (Fsp3) is 0.143. The van der Waals surface area contributed by atoms with Gasteiger partial charge in [0, 0.05) is 4.47 Å². The van der Waals surface area contributed by atoms with Gasteiger partial charge in [0.05, 0.1) is 5.02 Å². The summed E-state index contributed by atoms with van der Waals surface area (Å²) in [6.45, 7) is 0.565. The zero-order chi connectivity index (χ0) is 13.0. The molecule has 0 aliphatic rings. The summed E-state index contributed by atoms with van der Waals surface area (Å²) in [6, 6.07) is 13.3. The van der Waals surface area contributed by atoms with Crippen LogP contribution in [0.4, 0.5) is 0 Å². The van der Waals surface area contributed by atoms with Gasteiger partial charge in [-0.2, -0.15) is 0 Å². The SMILES string of the molecule is NCCc1cccc(Cl)c1Oc1cccc(Br)c1. The van der Waals surface area contributed by atoms with Crippen molar-refractivity contribution in [1.82, 2.24) is 0 Å². The standard InChI is InChI=1S/C14H13BrClNO/c15-11-4-2-5-12(9-11)18-14-10(7-8-17)3-1-6-13(14)16/h1-6,9H,7-8,17H2. The van der Waals surface area contributed by atoms with Gasteiger partial charge in [0.2, 0.25) is 0 Å². The van der Waals surface area contributed by atoms with Gasteiger partial charge < -0.3 is 10.5 Å². The average Bonchev–Trinajstić information content (AvgIpc) is 2.34. The molecule has 0 bridgehead atoms. The third-order valence-corrected chi connectivity index (χ3v) is 3.27. The van der Waals surface area contributed by atoms with Crippen molar-refractivity contribution in [3.8, 4) is 11.5 Å². The summed E-state index contributed by atoms with van der Waals surface area (Å²) in [7, 11) is 0. The monoisotopic (exact) mass is 325 g/mol. The summed E-state index contributed by atoms with van der Waals surface area (Å²) >= 11 is 9.59. The Labute approximate surface area is 120 Å². The molecule has 0 fully saturated rings. The van der Waals surface area contributed by atoms with E-state index < -0.39 is 0 Å². The van der Waals surface area contributed by atoms with Crippen molar-refractivity contribution in [3.63, 3.8) is 0 Å². The molecule has 2 aromatic rings. The van der Waals surface area contributed by atoms with Crippen LogP contribution in [-0.4, -0.2) is 6.54 Å². The minimum absolute atomic E-state index is 0.565. The number of hydrogen-bond acceptors (Lipinski definition) is 2. The average molecular weight is 327 g/mol. The highest BCUT2D eigenvalue weighted by molar-refractivity contribution is 9.10. The lowest BCUT2D eigenvalue weighted by molar-refractivity contribution is 0.476. The molecule has 94 valence electrons. The molecule has 0 aliphatic heterocycles. The summed E-state index contributed by atoms with van der Waals surface area (Å²) < 4.78 is 6.82. The number of halogens is 2. The summed E-state index contributed by atoms with van der Waals surface area (Å²) in [5, 5.41) is 0.598. The first kappa shape index (κ1) is 13.4. The highest BCUT2D eigenvalue weighted by Crippen LogP contribution is 2.33. The maximum Gasteiger partial charge on any atom is 0.149 e. The van der Waals surface area contributed by atoms with Crippen molar-refractivity contribution in [2.75, 3.05) is 6.54 Å². The van der Waals surface area contributed by atoms with Gasteiger partial charge in [0.15, 0.2) is 0 Å². The molecule has 0 aliphatic carbocycles. The van der Waals surface area contributed by atoms with E-state index in [1.54, 1.807) is 0 Å². The van der Waals surface area contributed by atoms with Crippen molar-refractivity contribution in [2.45, 2.75) is 6.42 Å². The molecule has 0 unspecified atom stereocenters. The van der Waals surface area contributed by atoms with Gasteiger partial charge in [0.1, 0.15) is 11.5 Å². The quantitative estimate of drug-likeness (QED) is 0.904. The number of rotatable bonds is 4. The number of hydrogen-bond donors (Lipinski definition) is 1. The molecule has 2 aromatic carbocycles. The van der Waals surface area contributed by atoms with Crippen LogP contribution in [0.2, 0.25) is 5.02 Å². The molecule has 18 heavy (non-hydrogen) atoms. The van der Waals surface area contributed by atoms with Crippen LogP contribution in [-0.2, 0) is 6.42 Å². The number of para-hydroxylation sites is 1. The van der Waals surface area contributed by atoms with Crippen LogP contribution in [0.5, 0.6) is 11.5 Å². The van der Waals surface area contributed by atoms with Crippen molar-refractivity contribution >= 4 is 27.5 Å². The van der Waals surface area contributed by atoms with Crippen LogP contribution in [0, 0.1) is 0 Å². The molecule has 0 amide bonds. The summed E-state index contributed by atoms with van der Waals surface area (Å²) in [4.78, 5) is 0. The molecule has 2 N–H and O–H groups in total. The minimum Gasteiger partial charge on any atom is -0.455 e. The Kier molecular flexibility index (Phi) is 4.64. The van der Waals surface area contributed by atoms with E-state index in [0.29, 0.717) is 17.3 Å². The Bertz CT molecular complexity index is 545. The third-order valence-electron chi connectivity index (χ3n) is 2.48. The van der Waals surface area contributed by atoms with Crippen LogP contribution in [0.15, 0.2) is 46.9 Å². The van der Waals surface area contributed by atoms with E-state index in [0.717, 1.165) is 22.2 Å². The number of nitrogens with two attached hydrogens (primary N) is 1. The lowest BCUT2D eigenvalue weighted by Gasteiger charge is -2.12. The maximum atomic E-state index is 6.18. The lowest BCUT2D eigenvalue weighted by atomic mass is 10.1. The van der Waals surface area contributed by atoms with Crippen LogP contribution < -0.4 is 10.5 Å². The van der Waals surface area contributed by atoms with Gasteiger partial charge in [0.25, 0.3) is 0 Å². The Morgan fingerprint density at radius 2 is 1.94 bits per heavy atom. The molecule has 0 spiro atoms. The van der Waals surface area contributed by atoms with Gasteiger partial charge in [-0.1, -0.05) is 45.7 Å². The molecule has 0 aromatic heterocycles. The van der Waals surface area contributed by atoms with Crippen LogP contribution in [0.25, 0.3) is 0 Å². The van der Waals surface area contributed by atoms with E-state index >= 15 is 0 Å². The molecule has 4 heteroatoms. The lowest BCUT2D eigenvalue weighted by Crippen LogP contribution is -2.04. The smallest absolute Gasteiger partial charge is 0.149 e. The molecule has 0 radical (unpaired) electrons. The van der Waals surface area contributed by atoms with E-state index in [2.05, 4.69) is 15.9 Å². The summed E-state index contributed by atoms with van der Waals surface area (Å²) in [6.07, 6.45) is 0.740. The van der Waals surface area contributed by atoms with Gasteiger partial charge in [-0.3, -0.25) is 0 Å². The molecule has 0 atom stereocenters. The van der Waals surface area contributed by atoms with Gasteiger partial charge in [-0.05, 0) is 42.8 Å². The van der Waals surface area contributed by atoms with Crippen LogP contribution in [0.3, 0.4) is 0 Å². The Balaban J connectivity index is 2.33. The Morgan fingerprint density at radius 1 is 1.17 bits per heavy atom. The van der Waals surface area contributed by atoms with E-state index in [4.69, 9.17) is 22.1 Å². The third kappa shape index (κ3) is 3.25. The van der Waals surface area contributed by atoms with Gasteiger partial charge in [-0.25, -0.2) is 0 Å². The van der Waals surface area contributed by atoms with Crippen molar-refractivity contribution in [1.29, 1.82) is 0 Å². The predicted octanol–water partition coefficient (Wildman–Crippen LogP) is 4.40. The van der Waals surface area contributed by atoms with Gasteiger partial charge >= 0.3 is 0 Å². The van der Waals surface area contributed by atoms with Crippen molar-refractivity contribution < 1.29 is 4.74 Å². The molecule has 0 saturated heterocycles. The molecular weight excluding hydrogens is 314 g/mol. The first-order valence-electron chi connectivity index (χ1n) is 5.61. The summed E-state index contributed by atoms with van der Waals surface area (Å²) in [5.74, 6) is 1.43. The molecule has 2 rings (SSSR count). The molecule has 2 nitrogen and oxygen atoms in total. The van der Waals surface area contributed by atoms with Crippen molar-refractivity contribution in [3.05, 3.63) is 57.5 Å². The molecule has 0 saturated carbocycles. The zero-order valence-corrected chi connectivity index (χ0v) is 12.0. The molecular formula is C14H13BrClNO. The Morgan fingerprint density at radius 3 is 2.67 bits per heavy atom. The second-order valence-electron chi connectivity index (χ2n) is 3.83. The number of ether oxygens (including phenoxy) is 1. The Hall–Kier alpha value is -1.03. The van der Waals surface area contributed by atoms with E-state index in [1.807, 2.05) is 42.5 Å². The van der Waals surface area contributed by atoms with Crippen LogP contribution >= 0.6 is 27.5 Å². The zero-order valence-electron chi connectivity index (χ0n) is 9.70. The second-order valence-corrected chi connectivity index (χ2v) is 5.15. The molecule has 0 heterocycles.